The number of carbonyl (C=O) groups is 1. The molecule has 3 nitrogen and oxygen atoms in total. The fourth-order valence-electron chi connectivity index (χ4n) is 1.49. The van der Waals surface area contributed by atoms with Gasteiger partial charge in [-0.2, -0.15) is 0 Å². The van der Waals surface area contributed by atoms with Crippen LogP contribution in [0.5, 0.6) is 0 Å². The van der Waals surface area contributed by atoms with E-state index in [1.807, 2.05) is 13.0 Å². The summed E-state index contributed by atoms with van der Waals surface area (Å²) in [5.74, 6) is 0.182. The average molecular weight is 220 g/mol. The molecule has 0 fully saturated rings. The van der Waals surface area contributed by atoms with Crippen LogP contribution < -0.4 is 5.32 Å². The third-order valence-corrected chi connectivity index (χ3v) is 2.33. The van der Waals surface area contributed by atoms with Crippen LogP contribution in [0.3, 0.4) is 0 Å². The van der Waals surface area contributed by atoms with E-state index >= 15 is 0 Å². The average Bonchev–Trinajstić information content (AvgIpc) is 2.24. The molecule has 0 spiro atoms. The first-order valence-corrected chi connectivity index (χ1v) is 5.78. The van der Waals surface area contributed by atoms with Gasteiger partial charge in [0.15, 0.2) is 5.78 Å². The Morgan fingerprint density at radius 2 is 2.19 bits per heavy atom. The number of aromatic nitrogens is 1. The lowest BCUT2D eigenvalue weighted by molar-refractivity contribution is 0.0979. The quantitative estimate of drug-likeness (QED) is 0.591. The number of pyridine rings is 1. The molecule has 0 saturated heterocycles. The summed E-state index contributed by atoms with van der Waals surface area (Å²) in [4.78, 5) is 15.8. The van der Waals surface area contributed by atoms with Gasteiger partial charge in [0.1, 0.15) is 0 Å². The number of nitrogens with zero attached hydrogens (tertiary/aromatic N) is 1. The monoisotopic (exact) mass is 220 g/mol. The van der Waals surface area contributed by atoms with E-state index in [4.69, 9.17) is 0 Å². The number of nitrogens with one attached hydrogen (secondary N) is 1. The lowest BCUT2D eigenvalue weighted by Gasteiger charge is -2.07. The van der Waals surface area contributed by atoms with Crippen LogP contribution >= 0.6 is 0 Å². The highest BCUT2D eigenvalue weighted by atomic mass is 16.1. The number of rotatable bonds is 6. The van der Waals surface area contributed by atoms with Gasteiger partial charge in [-0.25, -0.2) is 0 Å². The molecule has 1 heterocycles. The van der Waals surface area contributed by atoms with Crippen LogP contribution in [0.1, 0.15) is 42.6 Å². The van der Waals surface area contributed by atoms with Gasteiger partial charge in [0.25, 0.3) is 0 Å². The zero-order valence-electron chi connectivity index (χ0n) is 10.3. The van der Waals surface area contributed by atoms with Crippen LogP contribution in [0.25, 0.3) is 0 Å². The van der Waals surface area contributed by atoms with Crippen molar-refractivity contribution >= 4 is 5.78 Å². The number of Topliss-reactive ketones (excluding diaryl/α,β-unsaturated/α-hetero) is 1. The van der Waals surface area contributed by atoms with Crippen LogP contribution in [-0.4, -0.2) is 23.4 Å². The van der Waals surface area contributed by atoms with E-state index < -0.39 is 0 Å². The summed E-state index contributed by atoms with van der Waals surface area (Å²) >= 11 is 0. The molecule has 0 aromatic carbocycles. The van der Waals surface area contributed by atoms with E-state index in [1.165, 1.54) is 0 Å². The predicted octanol–water partition coefficient (Wildman–Crippen LogP) is 2.35. The molecule has 1 rings (SSSR count). The minimum atomic E-state index is 0.182. The Morgan fingerprint density at radius 3 is 2.81 bits per heavy atom. The molecule has 0 radical (unpaired) electrons. The van der Waals surface area contributed by atoms with Gasteiger partial charge in [0.2, 0.25) is 0 Å². The number of carbonyl (C=O) groups excluding carboxylic acids is 1. The third kappa shape index (κ3) is 4.53. The highest BCUT2D eigenvalue weighted by molar-refractivity contribution is 5.95. The summed E-state index contributed by atoms with van der Waals surface area (Å²) < 4.78 is 0. The summed E-state index contributed by atoms with van der Waals surface area (Å²) in [6, 6.07) is 2.38. The van der Waals surface area contributed by atoms with Crippen LogP contribution in [0.4, 0.5) is 0 Å². The zero-order valence-corrected chi connectivity index (χ0v) is 10.3. The van der Waals surface area contributed by atoms with Crippen molar-refractivity contribution in [1.82, 2.24) is 10.3 Å². The largest absolute Gasteiger partial charge is 0.315 e. The molecule has 1 aromatic rings. The molecule has 0 aliphatic heterocycles. The van der Waals surface area contributed by atoms with Gasteiger partial charge in [-0.1, -0.05) is 13.8 Å². The van der Waals surface area contributed by atoms with Crippen LogP contribution in [0.2, 0.25) is 0 Å². The number of hydrogen-bond acceptors (Lipinski definition) is 3. The first-order chi connectivity index (χ1) is 7.59. The molecule has 16 heavy (non-hydrogen) atoms. The molecular weight excluding hydrogens is 200 g/mol. The molecule has 0 amide bonds. The molecule has 0 bridgehead atoms. The lowest BCUT2D eigenvalue weighted by Crippen LogP contribution is -2.24. The van der Waals surface area contributed by atoms with Crippen molar-refractivity contribution in [1.29, 1.82) is 0 Å². The van der Waals surface area contributed by atoms with Crippen molar-refractivity contribution in [2.45, 2.75) is 39.7 Å². The van der Waals surface area contributed by atoms with E-state index in [0.29, 0.717) is 12.5 Å². The summed E-state index contributed by atoms with van der Waals surface area (Å²) in [6.07, 6.45) is 4.87. The van der Waals surface area contributed by atoms with Crippen molar-refractivity contribution < 1.29 is 4.79 Å². The third-order valence-electron chi connectivity index (χ3n) is 2.33. The van der Waals surface area contributed by atoms with Crippen molar-refractivity contribution in [3.05, 3.63) is 29.6 Å². The van der Waals surface area contributed by atoms with Crippen LogP contribution in [0, 0.1) is 6.92 Å². The predicted molar refractivity (Wildman–Crippen MR) is 65.7 cm³/mol. The number of ketones is 1. The fraction of sp³-hybridized carbons (Fsp3) is 0.538. The molecule has 3 heteroatoms. The van der Waals surface area contributed by atoms with E-state index in [0.717, 1.165) is 24.1 Å². The molecule has 1 N–H and O–H groups in total. The molecule has 0 saturated carbocycles. The fourth-order valence-corrected chi connectivity index (χ4v) is 1.49. The van der Waals surface area contributed by atoms with Gasteiger partial charge in [0.05, 0.1) is 0 Å². The maximum Gasteiger partial charge on any atom is 0.164 e. The maximum absolute atomic E-state index is 11.8. The summed E-state index contributed by atoms with van der Waals surface area (Å²) in [7, 11) is 0. The Bertz CT molecular complexity index is 348. The Kier molecular flexibility index (Phi) is 5.12. The zero-order chi connectivity index (χ0) is 12.0. The van der Waals surface area contributed by atoms with Crippen LogP contribution in [0.15, 0.2) is 18.5 Å². The van der Waals surface area contributed by atoms with Gasteiger partial charge < -0.3 is 5.32 Å². The van der Waals surface area contributed by atoms with Crippen molar-refractivity contribution in [2.75, 3.05) is 6.54 Å². The highest BCUT2D eigenvalue weighted by Crippen LogP contribution is 2.06. The molecule has 0 aliphatic rings. The minimum Gasteiger partial charge on any atom is -0.315 e. The normalized spacial score (nSPS) is 10.8. The SMILES string of the molecule is Cc1cncc(C(=O)CCCNC(C)C)c1. The molecular formula is C13H20N2O. The van der Waals surface area contributed by atoms with Gasteiger partial charge in [-0.05, 0) is 31.5 Å². The molecule has 88 valence electrons. The van der Waals surface area contributed by atoms with E-state index in [1.54, 1.807) is 12.4 Å². The number of hydrogen-bond donors (Lipinski definition) is 1. The van der Waals surface area contributed by atoms with Crippen LogP contribution in [-0.2, 0) is 0 Å². The van der Waals surface area contributed by atoms with E-state index in [-0.39, 0.29) is 5.78 Å². The van der Waals surface area contributed by atoms with Gasteiger partial charge in [0, 0.05) is 30.4 Å². The first kappa shape index (κ1) is 12.8. The maximum atomic E-state index is 11.8. The second-order valence-corrected chi connectivity index (χ2v) is 4.39. The first-order valence-electron chi connectivity index (χ1n) is 5.78. The second-order valence-electron chi connectivity index (χ2n) is 4.39. The number of aryl methyl sites for hydroxylation is 1. The van der Waals surface area contributed by atoms with Gasteiger partial charge >= 0.3 is 0 Å². The molecule has 0 aliphatic carbocycles. The Balaban J connectivity index is 2.35. The lowest BCUT2D eigenvalue weighted by atomic mass is 10.1. The smallest absolute Gasteiger partial charge is 0.164 e. The van der Waals surface area contributed by atoms with Crippen molar-refractivity contribution in [3.8, 4) is 0 Å². The minimum absolute atomic E-state index is 0.182. The standard InChI is InChI=1S/C13H20N2O/c1-10(2)15-6-4-5-13(16)12-7-11(3)8-14-9-12/h7-10,15H,4-6H2,1-3H3. The molecule has 0 unspecified atom stereocenters. The summed E-state index contributed by atoms with van der Waals surface area (Å²) in [6.45, 7) is 7.05. The summed E-state index contributed by atoms with van der Waals surface area (Å²) in [5, 5.41) is 3.30. The molecule has 1 aromatic heterocycles. The summed E-state index contributed by atoms with van der Waals surface area (Å²) in [5.41, 5.74) is 1.76. The molecule has 0 atom stereocenters. The Labute approximate surface area is 97.3 Å². The topological polar surface area (TPSA) is 42.0 Å². The van der Waals surface area contributed by atoms with E-state index in [2.05, 4.69) is 24.1 Å². The van der Waals surface area contributed by atoms with Gasteiger partial charge in [-0.3, -0.25) is 9.78 Å². The Morgan fingerprint density at radius 1 is 1.44 bits per heavy atom. The second kappa shape index (κ2) is 6.38. The highest BCUT2D eigenvalue weighted by Gasteiger charge is 2.05. The van der Waals surface area contributed by atoms with Crippen molar-refractivity contribution in [3.63, 3.8) is 0 Å². The van der Waals surface area contributed by atoms with Crippen molar-refractivity contribution in [2.24, 2.45) is 0 Å². The van der Waals surface area contributed by atoms with Gasteiger partial charge in [-0.15, -0.1) is 0 Å². The Hall–Kier alpha value is -1.22. The van der Waals surface area contributed by atoms with E-state index in [9.17, 15) is 4.79 Å².